The van der Waals surface area contributed by atoms with Crippen LogP contribution in [0.15, 0.2) is 46.2 Å². The van der Waals surface area contributed by atoms with Crippen molar-refractivity contribution in [1.82, 2.24) is 15.1 Å². The molecule has 0 saturated heterocycles. The molecule has 0 aliphatic carbocycles. The number of hydrogen-bond acceptors (Lipinski definition) is 5. The van der Waals surface area contributed by atoms with Crippen molar-refractivity contribution in [2.45, 2.75) is 39.3 Å². The van der Waals surface area contributed by atoms with Gasteiger partial charge < -0.3 is 9.32 Å². The Hall–Kier alpha value is -2.18. The van der Waals surface area contributed by atoms with Crippen molar-refractivity contribution in [1.29, 1.82) is 0 Å². The molecule has 2 aromatic heterocycles. The molecule has 136 valence electrons. The summed E-state index contributed by atoms with van der Waals surface area (Å²) in [5.74, 6) is 0.837. The summed E-state index contributed by atoms with van der Waals surface area (Å²) < 4.78 is 5.73. The lowest BCUT2D eigenvalue weighted by molar-refractivity contribution is -0.133. The third-order valence-electron chi connectivity index (χ3n) is 3.99. The van der Waals surface area contributed by atoms with Crippen molar-refractivity contribution >= 4 is 28.8 Å². The minimum Gasteiger partial charge on any atom is -0.419 e. The van der Waals surface area contributed by atoms with Gasteiger partial charge in [0, 0.05) is 17.3 Å². The first-order valence-electron chi connectivity index (χ1n) is 8.43. The van der Waals surface area contributed by atoms with E-state index in [0.717, 1.165) is 6.42 Å². The van der Waals surface area contributed by atoms with Crippen molar-refractivity contribution in [3.8, 4) is 11.5 Å². The maximum Gasteiger partial charge on any atom is 0.249 e. The molecule has 0 radical (unpaired) electrons. The highest BCUT2D eigenvalue weighted by molar-refractivity contribution is 7.09. The predicted molar refractivity (Wildman–Crippen MR) is 103 cm³/mol. The highest BCUT2D eigenvalue weighted by atomic mass is 35.5. The molecule has 26 heavy (non-hydrogen) atoms. The summed E-state index contributed by atoms with van der Waals surface area (Å²) in [5.41, 5.74) is 0.688. The Morgan fingerprint density at radius 3 is 2.73 bits per heavy atom. The molecular formula is C19H20ClN3O2S. The quantitative estimate of drug-likeness (QED) is 0.581. The molecule has 0 spiro atoms. The number of carbonyl (C=O) groups excluding carboxylic acids is 1. The smallest absolute Gasteiger partial charge is 0.249 e. The second kappa shape index (κ2) is 8.47. The molecule has 1 aromatic carbocycles. The summed E-state index contributed by atoms with van der Waals surface area (Å²) in [6, 6.07) is 11.4. The van der Waals surface area contributed by atoms with E-state index in [1.165, 1.54) is 4.88 Å². The molecule has 0 unspecified atom stereocenters. The Bertz CT molecular complexity index is 861. The van der Waals surface area contributed by atoms with Gasteiger partial charge in [-0.3, -0.25) is 4.79 Å². The third kappa shape index (κ3) is 4.51. The molecule has 0 aliphatic rings. The third-order valence-corrected chi connectivity index (χ3v) is 5.25. The molecule has 0 bridgehead atoms. The molecule has 0 aliphatic heterocycles. The van der Waals surface area contributed by atoms with E-state index in [0.29, 0.717) is 35.3 Å². The summed E-state index contributed by atoms with van der Waals surface area (Å²) in [6.07, 6.45) is 1.21. The molecular weight excluding hydrogens is 370 g/mol. The number of carbonyl (C=O) groups is 1. The standard InChI is InChI=1S/C19H20ClN3O2S/c1-13(2)23(18(24)10-9-14-6-5-11-26-14)12-17-21-22-19(25-17)15-7-3-4-8-16(15)20/h3-8,11,13H,9-10,12H2,1-2H3. The van der Waals surface area contributed by atoms with Crippen LogP contribution in [0.25, 0.3) is 11.5 Å². The zero-order chi connectivity index (χ0) is 18.5. The van der Waals surface area contributed by atoms with Gasteiger partial charge in [-0.1, -0.05) is 29.8 Å². The van der Waals surface area contributed by atoms with E-state index in [9.17, 15) is 4.79 Å². The van der Waals surface area contributed by atoms with Crippen LogP contribution >= 0.6 is 22.9 Å². The van der Waals surface area contributed by atoms with Crippen LogP contribution in [0.3, 0.4) is 0 Å². The van der Waals surface area contributed by atoms with Crippen molar-refractivity contribution in [2.24, 2.45) is 0 Å². The van der Waals surface area contributed by atoms with Crippen LogP contribution in [0.4, 0.5) is 0 Å². The van der Waals surface area contributed by atoms with Gasteiger partial charge in [-0.05, 0) is 43.8 Å². The zero-order valence-corrected chi connectivity index (χ0v) is 16.3. The number of halogens is 1. The second-order valence-corrected chi connectivity index (χ2v) is 7.61. The number of amides is 1. The van der Waals surface area contributed by atoms with E-state index in [2.05, 4.69) is 10.2 Å². The molecule has 0 saturated carbocycles. The van der Waals surface area contributed by atoms with Gasteiger partial charge in [0.05, 0.1) is 17.1 Å². The van der Waals surface area contributed by atoms with E-state index in [4.69, 9.17) is 16.0 Å². The van der Waals surface area contributed by atoms with Crippen molar-refractivity contribution < 1.29 is 9.21 Å². The second-order valence-electron chi connectivity index (χ2n) is 6.18. The van der Waals surface area contributed by atoms with E-state index >= 15 is 0 Å². The Balaban J connectivity index is 1.68. The average molecular weight is 390 g/mol. The summed E-state index contributed by atoms with van der Waals surface area (Å²) in [7, 11) is 0. The minimum absolute atomic E-state index is 0.0431. The summed E-state index contributed by atoms with van der Waals surface area (Å²) in [4.78, 5) is 15.6. The number of rotatable bonds is 7. The molecule has 0 N–H and O–H groups in total. The van der Waals surface area contributed by atoms with E-state index in [-0.39, 0.29) is 11.9 Å². The van der Waals surface area contributed by atoms with Crippen LogP contribution in [0.5, 0.6) is 0 Å². The van der Waals surface area contributed by atoms with Gasteiger partial charge in [0.15, 0.2) is 0 Å². The fraction of sp³-hybridized carbons (Fsp3) is 0.316. The number of aryl methyl sites for hydroxylation is 1. The van der Waals surface area contributed by atoms with Crippen LogP contribution in [0, 0.1) is 0 Å². The van der Waals surface area contributed by atoms with E-state index in [1.54, 1.807) is 22.3 Å². The largest absolute Gasteiger partial charge is 0.419 e. The van der Waals surface area contributed by atoms with Crippen LogP contribution < -0.4 is 0 Å². The highest BCUT2D eigenvalue weighted by Gasteiger charge is 2.21. The molecule has 3 rings (SSSR count). The van der Waals surface area contributed by atoms with Crippen LogP contribution in [-0.2, 0) is 17.8 Å². The van der Waals surface area contributed by atoms with Crippen molar-refractivity contribution in [2.75, 3.05) is 0 Å². The first-order chi connectivity index (χ1) is 12.5. The summed E-state index contributed by atoms with van der Waals surface area (Å²) in [5, 5.41) is 10.7. The monoisotopic (exact) mass is 389 g/mol. The van der Waals surface area contributed by atoms with E-state index < -0.39 is 0 Å². The lowest BCUT2D eigenvalue weighted by atomic mass is 10.2. The van der Waals surface area contributed by atoms with Gasteiger partial charge >= 0.3 is 0 Å². The van der Waals surface area contributed by atoms with Gasteiger partial charge in [-0.25, -0.2) is 0 Å². The Labute approximate surface area is 161 Å². The fourth-order valence-electron chi connectivity index (χ4n) is 2.59. The van der Waals surface area contributed by atoms with Crippen LogP contribution in [-0.4, -0.2) is 27.0 Å². The lowest BCUT2D eigenvalue weighted by Gasteiger charge is -2.25. The van der Waals surface area contributed by atoms with Crippen LogP contribution in [0.2, 0.25) is 5.02 Å². The fourth-order valence-corrected chi connectivity index (χ4v) is 3.52. The SMILES string of the molecule is CC(C)N(Cc1nnc(-c2ccccc2Cl)o1)C(=O)CCc1cccs1. The van der Waals surface area contributed by atoms with E-state index in [1.807, 2.05) is 49.6 Å². The van der Waals surface area contributed by atoms with Gasteiger partial charge in [0.2, 0.25) is 17.7 Å². The molecule has 1 amide bonds. The number of thiophene rings is 1. The normalized spacial score (nSPS) is 11.1. The maximum atomic E-state index is 12.6. The van der Waals surface area contributed by atoms with Crippen molar-refractivity contribution in [3.05, 3.63) is 57.6 Å². The Morgan fingerprint density at radius 2 is 2.04 bits per heavy atom. The number of benzene rings is 1. The minimum atomic E-state index is 0.0431. The Kier molecular flexibility index (Phi) is 6.06. The summed E-state index contributed by atoms with van der Waals surface area (Å²) >= 11 is 7.84. The zero-order valence-electron chi connectivity index (χ0n) is 14.7. The molecule has 0 atom stereocenters. The number of aromatic nitrogens is 2. The number of nitrogens with zero attached hydrogens (tertiary/aromatic N) is 3. The molecule has 7 heteroatoms. The Morgan fingerprint density at radius 1 is 1.23 bits per heavy atom. The first-order valence-corrected chi connectivity index (χ1v) is 9.69. The molecule has 2 heterocycles. The first kappa shape index (κ1) is 18.6. The average Bonchev–Trinajstić information content (AvgIpc) is 3.29. The highest BCUT2D eigenvalue weighted by Crippen LogP contribution is 2.26. The van der Waals surface area contributed by atoms with Gasteiger partial charge in [0.1, 0.15) is 0 Å². The van der Waals surface area contributed by atoms with Crippen molar-refractivity contribution in [3.63, 3.8) is 0 Å². The molecule has 5 nitrogen and oxygen atoms in total. The maximum absolute atomic E-state index is 12.6. The molecule has 0 fully saturated rings. The summed E-state index contributed by atoms with van der Waals surface area (Å²) in [6.45, 7) is 4.25. The van der Waals surface area contributed by atoms with Gasteiger partial charge in [-0.15, -0.1) is 21.5 Å². The van der Waals surface area contributed by atoms with Crippen LogP contribution in [0.1, 0.15) is 31.0 Å². The van der Waals surface area contributed by atoms with Gasteiger partial charge in [-0.2, -0.15) is 0 Å². The number of hydrogen-bond donors (Lipinski definition) is 0. The topological polar surface area (TPSA) is 59.2 Å². The molecule has 3 aromatic rings. The predicted octanol–water partition coefficient (Wildman–Crippen LogP) is 4.82. The van der Waals surface area contributed by atoms with Gasteiger partial charge in [0.25, 0.3) is 0 Å². The lowest BCUT2D eigenvalue weighted by Crippen LogP contribution is -2.36.